The first-order valence-corrected chi connectivity index (χ1v) is 8.25. The number of hydrogen-bond donors (Lipinski definition) is 1. The monoisotopic (exact) mass is 388 g/mol. The van der Waals surface area contributed by atoms with Gasteiger partial charge in [-0.2, -0.15) is 0 Å². The van der Waals surface area contributed by atoms with Gasteiger partial charge < -0.3 is 10.6 Å². The highest BCUT2D eigenvalue weighted by Crippen LogP contribution is 2.33. The van der Waals surface area contributed by atoms with E-state index in [0.29, 0.717) is 0 Å². The predicted molar refractivity (Wildman–Crippen MR) is 97.4 cm³/mol. The molecule has 124 valence electrons. The Bertz CT molecular complexity index is 545. The second-order valence-electron chi connectivity index (χ2n) is 7.25. The number of hydrogen-bond acceptors (Lipinski definition) is 2. The third-order valence-electron chi connectivity index (χ3n) is 4.68. The van der Waals surface area contributed by atoms with Crippen LogP contribution in [0.1, 0.15) is 39.7 Å². The lowest BCUT2D eigenvalue weighted by Crippen LogP contribution is -2.56. The van der Waals surface area contributed by atoms with Crippen LogP contribution in [0.3, 0.4) is 0 Å². The van der Waals surface area contributed by atoms with Gasteiger partial charge in [-0.3, -0.25) is 4.79 Å². The molecule has 1 aromatic carbocycles. The smallest absolute Gasteiger partial charge is 0.232 e. The maximum atomic E-state index is 13.0. The fourth-order valence-electron chi connectivity index (χ4n) is 2.94. The Morgan fingerprint density at radius 3 is 2.59 bits per heavy atom. The Morgan fingerprint density at radius 1 is 1.41 bits per heavy atom. The van der Waals surface area contributed by atoms with E-state index in [-0.39, 0.29) is 29.8 Å². The lowest BCUT2D eigenvalue weighted by Gasteiger charge is -2.45. The molecule has 1 amide bonds. The molecule has 1 aromatic rings. The number of rotatable bonds is 2. The molecule has 1 aliphatic heterocycles. The van der Waals surface area contributed by atoms with Gasteiger partial charge >= 0.3 is 0 Å². The average Bonchev–Trinajstić information content (AvgIpc) is 2.41. The zero-order valence-electron chi connectivity index (χ0n) is 13.7. The predicted octanol–water partition coefficient (Wildman–Crippen LogP) is 3.73. The van der Waals surface area contributed by atoms with Crippen molar-refractivity contribution in [2.75, 3.05) is 13.1 Å². The summed E-state index contributed by atoms with van der Waals surface area (Å²) in [4.78, 5) is 15.0. The van der Waals surface area contributed by atoms with E-state index in [2.05, 4.69) is 29.8 Å². The van der Waals surface area contributed by atoms with Crippen molar-refractivity contribution in [2.24, 2.45) is 11.1 Å². The molecule has 2 rings (SSSR count). The highest BCUT2D eigenvalue weighted by molar-refractivity contribution is 9.10. The van der Waals surface area contributed by atoms with E-state index in [1.54, 1.807) is 0 Å². The summed E-state index contributed by atoms with van der Waals surface area (Å²) in [6.07, 6.45) is 0.868. The lowest BCUT2D eigenvalue weighted by molar-refractivity contribution is -0.139. The van der Waals surface area contributed by atoms with Gasteiger partial charge in [-0.1, -0.05) is 41.9 Å². The van der Waals surface area contributed by atoms with E-state index in [1.807, 2.05) is 43.0 Å². The van der Waals surface area contributed by atoms with Crippen molar-refractivity contribution in [2.45, 2.75) is 45.6 Å². The van der Waals surface area contributed by atoms with Crippen LogP contribution in [-0.4, -0.2) is 29.9 Å². The maximum Gasteiger partial charge on any atom is 0.232 e. The number of nitrogens with two attached hydrogens (primary N) is 1. The zero-order chi connectivity index (χ0) is 15.8. The third kappa shape index (κ3) is 3.84. The molecule has 1 aliphatic rings. The number of halogens is 2. The second-order valence-corrected chi connectivity index (χ2v) is 8.16. The standard InChI is InChI=1S/C17H25BrN2O.ClH/c1-16(2)11-20(9-8-14(16)19)15(21)17(3,4)12-6-5-7-13(18)10-12;/h5-7,10,14H,8-9,11,19H2,1-4H3;1H. The van der Waals surface area contributed by atoms with Gasteiger partial charge in [0.2, 0.25) is 5.91 Å². The first-order chi connectivity index (χ1) is 9.64. The minimum Gasteiger partial charge on any atom is -0.341 e. The summed E-state index contributed by atoms with van der Waals surface area (Å²) in [5.41, 5.74) is 6.65. The Morgan fingerprint density at radius 2 is 2.05 bits per heavy atom. The van der Waals surface area contributed by atoms with Crippen molar-refractivity contribution in [1.82, 2.24) is 4.90 Å². The molecule has 0 radical (unpaired) electrons. The largest absolute Gasteiger partial charge is 0.341 e. The van der Waals surface area contributed by atoms with E-state index in [1.165, 1.54) is 0 Å². The average molecular weight is 390 g/mol. The molecule has 0 bridgehead atoms. The van der Waals surface area contributed by atoms with Gasteiger partial charge in [-0.15, -0.1) is 12.4 Å². The van der Waals surface area contributed by atoms with Crippen molar-refractivity contribution in [1.29, 1.82) is 0 Å². The van der Waals surface area contributed by atoms with Gasteiger partial charge in [0.15, 0.2) is 0 Å². The fourth-order valence-corrected chi connectivity index (χ4v) is 3.34. The van der Waals surface area contributed by atoms with Crippen LogP contribution in [0.25, 0.3) is 0 Å². The molecule has 1 heterocycles. The van der Waals surface area contributed by atoms with Gasteiger partial charge in [0.05, 0.1) is 5.41 Å². The molecular weight excluding hydrogens is 364 g/mol. The first-order valence-electron chi connectivity index (χ1n) is 7.45. The number of likely N-dealkylation sites (tertiary alicyclic amines) is 1. The fraction of sp³-hybridized carbons (Fsp3) is 0.588. The van der Waals surface area contributed by atoms with Crippen molar-refractivity contribution < 1.29 is 4.79 Å². The van der Waals surface area contributed by atoms with Crippen LogP contribution in [0.5, 0.6) is 0 Å². The SMILES string of the molecule is CC(C)(C(=O)N1CCC(N)C(C)(C)C1)c1cccc(Br)c1.Cl. The molecule has 5 heteroatoms. The first kappa shape index (κ1) is 19.5. The summed E-state index contributed by atoms with van der Waals surface area (Å²) in [6, 6.07) is 8.16. The molecule has 1 unspecified atom stereocenters. The molecule has 3 nitrogen and oxygen atoms in total. The van der Waals surface area contributed by atoms with Gasteiger partial charge in [0, 0.05) is 23.6 Å². The van der Waals surface area contributed by atoms with Crippen LogP contribution in [-0.2, 0) is 10.2 Å². The van der Waals surface area contributed by atoms with Crippen LogP contribution in [0.2, 0.25) is 0 Å². The molecule has 0 aliphatic carbocycles. The van der Waals surface area contributed by atoms with Crippen LogP contribution < -0.4 is 5.73 Å². The molecule has 1 atom stereocenters. The van der Waals surface area contributed by atoms with Gasteiger partial charge in [0.25, 0.3) is 0 Å². The van der Waals surface area contributed by atoms with Crippen molar-refractivity contribution in [3.8, 4) is 0 Å². The van der Waals surface area contributed by atoms with E-state index >= 15 is 0 Å². The minimum atomic E-state index is -0.526. The Balaban J connectivity index is 0.00000242. The summed E-state index contributed by atoms with van der Waals surface area (Å²) in [6.45, 7) is 9.76. The molecule has 1 saturated heterocycles. The van der Waals surface area contributed by atoms with Crippen LogP contribution in [0.4, 0.5) is 0 Å². The highest BCUT2D eigenvalue weighted by atomic mass is 79.9. The van der Waals surface area contributed by atoms with Crippen molar-refractivity contribution in [3.05, 3.63) is 34.3 Å². The number of piperidine rings is 1. The van der Waals surface area contributed by atoms with Gasteiger partial charge in [-0.05, 0) is 43.4 Å². The van der Waals surface area contributed by atoms with Crippen molar-refractivity contribution in [3.63, 3.8) is 0 Å². The summed E-state index contributed by atoms with van der Waals surface area (Å²) >= 11 is 3.48. The summed E-state index contributed by atoms with van der Waals surface area (Å²) in [7, 11) is 0. The normalized spacial score (nSPS) is 21.2. The molecular formula is C17H26BrClN2O. The molecule has 1 fully saturated rings. The minimum absolute atomic E-state index is 0. The van der Waals surface area contributed by atoms with E-state index in [9.17, 15) is 4.79 Å². The molecule has 0 saturated carbocycles. The quantitative estimate of drug-likeness (QED) is 0.837. The van der Waals surface area contributed by atoms with Crippen LogP contribution in [0, 0.1) is 5.41 Å². The maximum absolute atomic E-state index is 13.0. The number of carbonyl (C=O) groups excluding carboxylic acids is 1. The summed E-state index contributed by atoms with van der Waals surface area (Å²) in [5, 5.41) is 0. The summed E-state index contributed by atoms with van der Waals surface area (Å²) < 4.78 is 1.00. The van der Waals surface area contributed by atoms with Gasteiger partial charge in [-0.25, -0.2) is 0 Å². The van der Waals surface area contributed by atoms with Gasteiger partial charge in [0.1, 0.15) is 0 Å². The number of amides is 1. The van der Waals surface area contributed by atoms with E-state index < -0.39 is 5.41 Å². The molecule has 22 heavy (non-hydrogen) atoms. The van der Waals surface area contributed by atoms with E-state index in [0.717, 1.165) is 29.5 Å². The number of nitrogens with zero attached hydrogens (tertiary/aromatic N) is 1. The highest BCUT2D eigenvalue weighted by Gasteiger charge is 2.40. The van der Waals surface area contributed by atoms with Crippen molar-refractivity contribution >= 4 is 34.2 Å². The summed E-state index contributed by atoms with van der Waals surface area (Å²) in [5.74, 6) is 0.181. The topological polar surface area (TPSA) is 46.3 Å². The van der Waals surface area contributed by atoms with Crippen LogP contribution >= 0.6 is 28.3 Å². The second kappa shape index (κ2) is 6.90. The molecule has 0 aromatic heterocycles. The molecule has 2 N–H and O–H groups in total. The van der Waals surface area contributed by atoms with Crippen LogP contribution in [0.15, 0.2) is 28.7 Å². The Kier molecular flexibility index (Phi) is 6.10. The zero-order valence-corrected chi connectivity index (χ0v) is 16.1. The lowest BCUT2D eigenvalue weighted by atomic mass is 9.77. The third-order valence-corrected chi connectivity index (χ3v) is 5.17. The molecule has 0 spiro atoms. The van der Waals surface area contributed by atoms with E-state index in [4.69, 9.17) is 5.73 Å². The number of benzene rings is 1. The Hall–Kier alpha value is -0.580. The Labute approximate surface area is 148 Å². The number of carbonyl (C=O) groups is 1.